The van der Waals surface area contributed by atoms with Crippen LogP contribution in [0.3, 0.4) is 0 Å². The van der Waals surface area contributed by atoms with E-state index < -0.39 is 11.0 Å². The van der Waals surface area contributed by atoms with E-state index in [1.54, 1.807) is 18.2 Å². The Morgan fingerprint density at radius 2 is 2.35 bits per heavy atom. The molecule has 0 unspecified atom stereocenters. The number of nitrogens with one attached hydrogen (secondary N) is 1. The largest absolute Gasteiger partial charge is 0.382 e. The number of oxime groups is 1. The summed E-state index contributed by atoms with van der Waals surface area (Å²) in [5, 5.41) is 17.2. The van der Waals surface area contributed by atoms with E-state index in [1.807, 2.05) is 0 Å². The van der Waals surface area contributed by atoms with Gasteiger partial charge in [-0.25, -0.2) is 0 Å². The lowest BCUT2D eigenvalue weighted by Gasteiger charge is -2.06. The first-order chi connectivity index (χ1) is 9.63. The van der Waals surface area contributed by atoms with Gasteiger partial charge in [-0.1, -0.05) is 23.2 Å². The molecule has 0 saturated heterocycles. The minimum atomic E-state index is -0.807. The maximum absolute atomic E-state index is 11.7. The quantitative estimate of drug-likeness (QED) is 0.499. The maximum atomic E-state index is 11.7. The summed E-state index contributed by atoms with van der Waals surface area (Å²) in [6, 6.07) is 6.18. The fraction of sp³-hybridized carbons (Fsp3) is 0.231. The molecular weight excluding hydrogens is 262 g/mol. The molecule has 7 heteroatoms. The van der Waals surface area contributed by atoms with Gasteiger partial charge >= 0.3 is 0 Å². The molecule has 0 spiro atoms. The van der Waals surface area contributed by atoms with Crippen molar-refractivity contribution in [2.75, 3.05) is 6.54 Å². The first-order valence-corrected chi connectivity index (χ1v) is 5.81. The van der Waals surface area contributed by atoms with Gasteiger partial charge in [0.15, 0.2) is 0 Å². The van der Waals surface area contributed by atoms with Gasteiger partial charge in [0.05, 0.1) is 22.7 Å². The fourth-order valence-corrected chi connectivity index (χ4v) is 1.81. The second-order valence-electron chi connectivity index (χ2n) is 4.03. The van der Waals surface area contributed by atoms with Crippen LogP contribution in [0.15, 0.2) is 29.4 Å². The number of rotatable bonds is 4. The second kappa shape index (κ2) is 5.84. The Hall–Kier alpha value is -2.88. The number of carbonyl (C=O) groups is 1. The van der Waals surface area contributed by atoms with Gasteiger partial charge in [0.2, 0.25) is 6.10 Å². The maximum Gasteiger partial charge on any atom is 0.278 e. The molecule has 1 heterocycles. The SMILES string of the molecule is C#CCNC(=O)[C@H]1CC(c2ccccc2[N+](=O)[O-])=NO1. The number of amides is 1. The van der Waals surface area contributed by atoms with Crippen LogP contribution in [-0.4, -0.2) is 29.2 Å². The highest BCUT2D eigenvalue weighted by molar-refractivity contribution is 6.06. The van der Waals surface area contributed by atoms with Crippen LogP contribution in [0.2, 0.25) is 0 Å². The molecule has 102 valence electrons. The fourth-order valence-electron chi connectivity index (χ4n) is 1.81. The van der Waals surface area contributed by atoms with Crippen LogP contribution in [0, 0.1) is 22.5 Å². The number of hydrogen-bond acceptors (Lipinski definition) is 5. The monoisotopic (exact) mass is 273 g/mol. The Bertz CT molecular complexity index is 618. The van der Waals surface area contributed by atoms with Crippen LogP contribution in [-0.2, 0) is 9.63 Å². The van der Waals surface area contributed by atoms with Gasteiger partial charge in [0, 0.05) is 12.5 Å². The predicted molar refractivity (Wildman–Crippen MR) is 71.0 cm³/mol. The third-order valence-electron chi connectivity index (χ3n) is 2.74. The zero-order valence-electron chi connectivity index (χ0n) is 10.4. The molecule has 1 N–H and O–H groups in total. The van der Waals surface area contributed by atoms with E-state index in [0.717, 1.165) is 0 Å². The molecule has 1 aromatic carbocycles. The van der Waals surface area contributed by atoms with Crippen molar-refractivity contribution in [2.24, 2.45) is 5.16 Å². The predicted octanol–water partition coefficient (Wildman–Crippen LogP) is 0.837. The average Bonchev–Trinajstić information content (AvgIpc) is 2.94. The van der Waals surface area contributed by atoms with Gasteiger partial charge in [0.25, 0.3) is 11.6 Å². The summed E-state index contributed by atoms with van der Waals surface area (Å²) >= 11 is 0. The van der Waals surface area contributed by atoms with Gasteiger partial charge < -0.3 is 10.2 Å². The van der Waals surface area contributed by atoms with E-state index in [0.29, 0.717) is 11.3 Å². The van der Waals surface area contributed by atoms with Crippen molar-refractivity contribution in [1.29, 1.82) is 0 Å². The van der Waals surface area contributed by atoms with Gasteiger partial charge in [0.1, 0.15) is 0 Å². The van der Waals surface area contributed by atoms with Crippen molar-refractivity contribution in [1.82, 2.24) is 5.32 Å². The Morgan fingerprint density at radius 1 is 1.60 bits per heavy atom. The molecule has 0 aromatic heterocycles. The first-order valence-electron chi connectivity index (χ1n) is 5.81. The van der Waals surface area contributed by atoms with E-state index in [2.05, 4.69) is 16.4 Å². The van der Waals surface area contributed by atoms with E-state index in [1.165, 1.54) is 6.07 Å². The number of terminal acetylenes is 1. The van der Waals surface area contributed by atoms with Crippen molar-refractivity contribution >= 4 is 17.3 Å². The molecule has 1 amide bonds. The highest BCUT2D eigenvalue weighted by atomic mass is 16.6. The van der Waals surface area contributed by atoms with Crippen LogP contribution < -0.4 is 5.32 Å². The molecule has 2 rings (SSSR count). The summed E-state index contributed by atoms with van der Waals surface area (Å²) < 4.78 is 0. The number of para-hydroxylation sites is 1. The summed E-state index contributed by atoms with van der Waals surface area (Å²) in [6.07, 6.45) is 4.40. The second-order valence-corrected chi connectivity index (χ2v) is 4.03. The number of benzene rings is 1. The van der Waals surface area contributed by atoms with Crippen molar-refractivity contribution in [3.8, 4) is 12.3 Å². The van der Waals surface area contributed by atoms with E-state index in [9.17, 15) is 14.9 Å². The van der Waals surface area contributed by atoms with E-state index in [-0.39, 0.29) is 24.6 Å². The average molecular weight is 273 g/mol. The third-order valence-corrected chi connectivity index (χ3v) is 2.74. The van der Waals surface area contributed by atoms with Gasteiger partial charge in [-0.15, -0.1) is 6.42 Å². The molecule has 1 aliphatic rings. The molecular formula is C13H11N3O4. The van der Waals surface area contributed by atoms with E-state index in [4.69, 9.17) is 11.3 Å². The summed E-state index contributed by atoms with van der Waals surface area (Å²) in [7, 11) is 0. The molecule has 7 nitrogen and oxygen atoms in total. The molecule has 1 atom stereocenters. The molecule has 1 aliphatic heterocycles. The Morgan fingerprint density at radius 3 is 3.05 bits per heavy atom. The van der Waals surface area contributed by atoms with Crippen molar-refractivity contribution in [2.45, 2.75) is 12.5 Å². The molecule has 0 radical (unpaired) electrons. The van der Waals surface area contributed by atoms with Crippen LogP contribution >= 0.6 is 0 Å². The third kappa shape index (κ3) is 2.75. The van der Waals surface area contributed by atoms with Crippen molar-refractivity contribution in [3.63, 3.8) is 0 Å². The lowest BCUT2D eigenvalue weighted by molar-refractivity contribution is -0.385. The normalized spacial score (nSPS) is 16.8. The number of hydrogen-bond donors (Lipinski definition) is 1. The summed E-state index contributed by atoms with van der Waals surface area (Å²) in [5.74, 6) is 1.89. The molecule has 0 bridgehead atoms. The molecule has 0 saturated carbocycles. The van der Waals surface area contributed by atoms with Gasteiger partial charge in [-0.2, -0.15) is 0 Å². The Labute approximate surface area is 114 Å². The summed E-state index contributed by atoms with van der Waals surface area (Å²) in [4.78, 5) is 27.1. The Kier molecular flexibility index (Phi) is 3.96. The number of carbonyl (C=O) groups excluding carboxylic acids is 1. The van der Waals surface area contributed by atoms with E-state index >= 15 is 0 Å². The number of nitro groups is 1. The van der Waals surface area contributed by atoms with Crippen LogP contribution in [0.5, 0.6) is 0 Å². The highest BCUT2D eigenvalue weighted by Crippen LogP contribution is 2.24. The first kappa shape index (κ1) is 13.5. The smallest absolute Gasteiger partial charge is 0.278 e. The minimum Gasteiger partial charge on any atom is -0.382 e. The van der Waals surface area contributed by atoms with Crippen LogP contribution in [0.1, 0.15) is 12.0 Å². The molecule has 20 heavy (non-hydrogen) atoms. The molecule has 1 aromatic rings. The number of nitrogens with zero attached hydrogens (tertiary/aromatic N) is 2. The topological polar surface area (TPSA) is 93.8 Å². The van der Waals surface area contributed by atoms with Crippen LogP contribution in [0.25, 0.3) is 0 Å². The lowest BCUT2D eigenvalue weighted by atomic mass is 10.0. The minimum absolute atomic E-state index is 0.0699. The highest BCUT2D eigenvalue weighted by Gasteiger charge is 2.31. The zero-order valence-corrected chi connectivity index (χ0v) is 10.4. The van der Waals surface area contributed by atoms with Gasteiger partial charge in [-0.3, -0.25) is 14.9 Å². The molecule has 0 aliphatic carbocycles. The van der Waals surface area contributed by atoms with Gasteiger partial charge in [-0.05, 0) is 6.07 Å². The summed E-state index contributed by atoms with van der Waals surface area (Å²) in [6.45, 7) is 0.0967. The van der Waals surface area contributed by atoms with Crippen LogP contribution in [0.4, 0.5) is 5.69 Å². The van der Waals surface area contributed by atoms with Crippen molar-refractivity contribution < 1.29 is 14.6 Å². The number of nitro benzene ring substituents is 1. The molecule has 0 fully saturated rings. The Balaban J connectivity index is 2.12. The standard InChI is InChI=1S/C13H11N3O4/c1-2-7-14-13(17)12-8-10(15-20-12)9-5-3-4-6-11(9)16(18)19/h1,3-6,12H,7-8H2,(H,14,17)/t12-/m1/s1. The summed E-state index contributed by atoms with van der Waals surface area (Å²) in [5.41, 5.74) is 0.655. The zero-order chi connectivity index (χ0) is 14.5. The van der Waals surface area contributed by atoms with Crippen molar-refractivity contribution in [3.05, 3.63) is 39.9 Å². The lowest BCUT2D eigenvalue weighted by Crippen LogP contribution is -2.34.